The number of para-hydroxylation sites is 1. The Bertz CT molecular complexity index is 1770. The van der Waals surface area contributed by atoms with Crippen LogP contribution in [0.5, 0.6) is 11.5 Å². The second kappa shape index (κ2) is 9.97. The molecule has 0 unspecified atom stereocenters. The summed E-state index contributed by atoms with van der Waals surface area (Å²) in [7, 11) is 3.06. The van der Waals surface area contributed by atoms with Crippen LogP contribution < -0.4 is 15.0 Å². The van der Waals surface area contributed by atoms with E-state index in [4.69, 9.17) is 9.47 Å². The van der Waals surface area contributed by atoms with Crippen molar-refractivity contribution in [2.45, 2.75) is 13.2 Å². The zero-order valence-electron chi connectivity index (χ0n) is 20.6. The Labute approximate surface area is 216 Å². The van der Waals surface area contributed by atoms with Gasteiger partial charge in [-0.15, -0.1) is 0 Å². The normalized spacial score (nSPS) is 11.2. The quantitative estimate of drug-likeness (QED) is 0.299. The highest BCUT2D eigenvalue weighted by Gasteiger charge is 2.20. The molecule has 2 heterocycles. The number of aromatic carboxylic acids is 1. The third-order valence-corrected chi connectivity index (χ3v) is 6.59. The molecule has 0 fully saturated rings. The molecule has 9 nitrogen and oxygen atoms in total. The molecular formula is C29H24N2O7. The van der Waals surface area contributed by atoms with Gasteiger partial charge in [-0.25, -0.2) is 9.78 Å². The van der Waals surface area contributed by atoms with Crippen LogP contribution in [-0.2, 0) is 13.2 Å². The highest BCUT2D eigenvalue weighted by molar-refractivity contribution is 6.03. The fourth-order valence-corrected chi connectivity index (χ4v) is 4.87. The number of carboxylic acid groups (broad SMARTS) is 1. The minimum Gasteiger partial charge on any atom is -0.493 e. The molecule has 192 valence electrons. The first-order valence-electron chi connectivity index (χ1n) is 11.7. The summed E-state index contributed by atoms with van der Waals surface area (Å²) in [6, 6.07) is 16.6. The van der Waals surface area contributed by atoms with Crippen molar-refractivity contribution in [1.29, 1.82) is 0 Å². The first kappa shape index (κ1) is 24.9. The van der Waals surface area contributed by atoms with Crippen molar-refractivity contribution in [2.75, 3.05) is 14.2 Å². The van der Waals surface area contributed by atoms with Crippen molar-refractivity contribution in [2.24, 2.45) is 0 Å². The predicted octanol–water partition coefficient (Wildman–Crippen LogP) is 3.91. The summed E-state index contributed by atoms with van der Waals surface area (Å²) in [5, 5.41) is 31.9. The number of aromatic nitrogens is 2. The second-order valence-corrected chi connectivity index (χ2v) is 8.59. The molecule has 0 radical (unpaired) electrons. The molecule has 0 spiro atoms. The van der Waals surface area contributed by atoms with E-state index in [1.165, 1.54) is 25.0 Å². The number of hydrogen-bond donors (Lipinski definition) is 3. The number of aliphatic hydroxyl groups excluding tert-OH is 2. The Kier molecular flexibility index (Phi) is 6.54. The summed E-state index contributed by atoms with van der Waals surface area (Å²) >= 11 is 0. The van der Waals surface area contributed by atoms with Gasteiger partial charge < -0.3 is 24.8 Å². The monoisotopic (exact) mass is 512 g/mol. The van der Waals surface area contributed by atoms with Gasteiger partial charge in [-0.3, -0.25) is 9.36 Å². The third-order valence-electron chi connectivity index (χ3n) is 6.59. The van der Waals surface area contributed by atoms with Crippen LogP contribution in [0.4, 0.5) is 0 Å². The molecule has 5 aromatic rings. The number of ether oxygens (including phenoxy) is 2. The first-order valence-corrected chi connectivity index (χ1v) is 11.7. The van der Waals surface area contributed by atoms with Crippen molar-refractivity contribution in [3.63, 3.8) is 0 Å². The van der Waals surface area contributed by atoms with E-state index in [1.807, 2.05) is 0 Å². The number of hydrogen-bond acceptors (Lipinski definition) is 7. The summed E-state index contributed by atoms with van der Waals surface area (Å²) in [6.07, 6.45) is 1.54. The molecule has 0 aliphatic heterocycles. The van der Waals surface area contributed by atoms with E-state index in [0.29, 0.717) is 44.7 Å². The highest BCUT2D eigenvalue weighted by atomic mass is 16.5. The zero-order valence-corrected chi connectivity index (χ0v) is 20.6. The molecule has 2 aromatic heterocycles. The van der Waals surface area contributed by atoms with Gasteiger partial charge in [0.25, 0.3) is 5.56 Å². The third kappa shape index (κ3) is 4.03. The second-order valence-electron chi connectivity index (χ2n) is 8.59. The van der Waals surface area contributed by atoms with Gasteiger partial charge in [-0.2, -0.15) is 0 Å². The Hall–Kier alpha value is -4.73. The topological polar surface area (TPSA) is 131 Å². The van der Waals surface area contributed by atoms with Gasteiger partial charge in [0.15, 0.2) is 11.5 Å². The van der Waals surface area contributed by atoms with Crippen LogP contribution in [0.25, 0.3) is 38.6 Å². The largest absolute Gasteiger partial charge is 0.493 e. The highest BCUT2D eigenvalue weighted by Crippen LogP contribution is 2.41. The SMILES string of the molecule is COc1cc2cc(CO)c(CO)c(-c3ccnc(-n4c(=O)cc(C(=O)O)c5ccccc54)c3)c2cc1OC. The van der Waals surface area contributed by atoms with E-state index in [9.17, 15) is 24.9 Å². The van der Waals surface area contributed by atoms with Crippen LogP contribution in [0, 0.1) is 0 Å². The standard InChI is InChI=1S/C29H24N2O7/c1-37-24-10-17-9-18(14-32)22(15-33)28(20(17)12-25(24)38-2)16-7-8-30-26(11-16)31-23-6-4-3-5-19(23)21(29(35)36)13-27(31)34/h3-13,32-33H,14-15H2,1-2H3,(H,35,36). The summed E-state index contributed by atoms with van der Waals surface area (Å²) in [5.41, 5.74) is 2.07. The smallest absolute Gasteiger partial charge is 0.336 e. The van der Waals surface area contributed by atoms with Crippen LogP contribution in [0.2, 0.25) is 0 Å². The number of methoxy groups -OCH3 is 2. The fourth-order valence-electron chi connectivity index (χ4n) is 4.87. The summed E-state index contributed by atoms with van der Waals surface area (Å²) in [4.78, 5) is 29.4. The van der Waals surface area contributed by atoms with Crippen LogP contribution in [-0.4, -0.2) is 45.1 Å². The summed E-state index contributed by atoms with van der Waals surface area (Å²) < 4.78 is 12.3. The van der Waals surface area contributed by atoms with E-state index >= 15 is 0 Å². The van der Waals surface area contributed by atoms with Gasteiger partial charge in [-0.05, 0) is 69.4 Å². The molecular weight excluding hydrogens is 488 g/mol. The van der Waals surface area contributed by atoms with E-state index in [2.05, 4.69) is 4.98 Å². The maximum atomic E-state index is 13.2. The lowest BCUT2D eigenvalue weighted by molar-refractivity contribution is 0.0698. The number of benzene rings is 3. The lowest BCUT2D eigenvalue weighted by Crippen LogP contribution is -2.21. The van der Waals surface area contributed by atoms with E-state index in [0.717, 1.165) is 16.8 Å². The molecule has 5 rings (SSSR count). The lowest BCUT2D eigenvalue weighted by Gasteiger charge is -2.19. The van der Waals surface area contributed by atoms with E-state index < -0.39 is 11.5 Å². The fraction of sp³-hybridized carbons (Fsp3) is 0.138. The van der Waals surface area contributed by atoms with Gasteiger partial charge in [0.05, 0.1) is 38.5 Å². The van der Waals surface area contributed by atoms with Crippen molar-refractivity contribution >= 4 is 27.6 Å². The number of aliphatic hydroxyl groups is 2. The van der Waals surface area contributed by atoms with Crippen molar-refractivity contribution in [3.8, 4) is 28.4 Å². The number of nitrogens with zero attached hydrogens (tertiary/aromatic N) is 2. The molecule has 3 aromatic carbocycles. The van der Waals surface area contributed by atoms with E-state index in [-0.39, 0.29) is 24.6 Å². The number of rotatable bonds is 7. The first-order chi connectivity index (χ1) is 18.4. The molecule has 0 bridgehead atoms. The number of pyridine rings is 2. The average molecular weight is 513 g/mol. The Morgan fingerprint density at radius 3 is 2.34 bits per heavy atom. The number of carboxylic acids is 1. The van der Waals surface area contributed by atoms with Gasteiger partial charge in [0, 0.05) is 17.6 Å². The molecule has 0 atom stereocenters. The average Bonchev–Trinajstić information content (AvgIpc) is 2.94. The predicted molar refractivity (Wildman–Crippen MR) is 142 cm³/mol. The van der Waals surface area contributed by atoms with Crippen molar-refractivity contribution in [3.05, 3.63) is 93.9 Å². The Morgan fingerprint density at radius 1 is 0.921 bits per heavy atom. The molecule has 3 N–H and O–H groups in total. The minimum atomic E-state index is -1.20. The Balaban J connectivity index is 1.83. The van der Waals surface area contributed by atoms with Gasteiger partial charge in [0.1, 0.15) is 5.82 Å². The summed E-state index contributed by atoms with van der Waals surface area (Å²) in [5.74, 6) is 0.0742. The van der Waals surface area contributed by atoms with Crippen LogP contribution >= 0.6 is 0 Å². The molecule has 0 amide bonds. The molecule has 0 saturated heterocycles. The van der Waals surface area contributed by atoms with Crippen molar-refractivity contribution in [1.82, 2.24) is 9.55 Å². The summed E-state index contributed by atoms with van der Waals surface area (Å²) in [6.45, 7) is -0.644. The lowest BCUT2D eigenvalue weighted by atomic mass is 9.90. The molecule has 38 heavy (non-hydrogen) atoms. The number of fused-ring (bicyclic) bond motifs is 2. The van der Waals surface area contributed by atoms with Crippen LogP contribution in [0.15, 0.2) is 71.7 Å². The maximum absolute atomic E-state index is 13.2. The number of carbonyl (C=O) groups is 1. The van der Waals surface area contributed by atoms with Gasteiger partial charge in [-0.1, -0.05) is 18.2 Å². The Morgan fingerprint density at radius 2 is 1.66 bits per heavy atom. The van der Waals surface area contributed by atoms with Crippen LogP contribution in [0.1, 0.15) is 21.5 Å². The minimum absolute atomic E-state index is 0.0942. The van der Waals surface area contributed by atoms with Crippen LogP contribution in [0.3, 0.4) is 0 Å². The van der Waals surface area contributed by atoms with Gasteiger partial charge >= 0.3 is 5.97 Å². The van der Waals surface area contributed by atoms with Gasteiger partial charge in [0.2, 0.25) is 0 Å². The molecule has 0 aliphatic rings. The van der Waals surface area contributed by atoms with E-state index in [1.54, 1.807) is 54.6 Å². The molecule has 9 heteroatoms. The maximum Gasteiger partial charge on any atom is 0.336 e. The van der Waals surface area contributed by atoms with Crippen molar-refractivity contribution < 1.29 is 29.6 Å². The molecule has 0 aliphatic carbocycles. The zero-order chi connectivity index (χ0) is 27.0. The molecule has 0 saturated carbocycles.